The number of ether oxygens (including phenoxy) is 2. The summed E-state index contributed by atoms with van der Waals surface area (Å²) in [6.07, 6.45) is 1.00. The second-order valence-electron chi connectivity index (χ2n) is 5.55. The van der Waals surface area contributed by atoms with Gasteiger partial charge < -0.3 is 14.8 Å². The topological polar surface area (TPSA) is 30.5 Å². The minimum absolute atomic E-state index is 0.583. The van der Waals surface area contributed by atoms with E-state index in [4.69, 9.17) is 9.47 Å². The minimum atomic E-state index is 0.583. The number of nitrogens with one attached hydrogen (secondary N) is 1. The van der Waals surface area contributed by atoms with Gasteiger partial charge >= 0.3 is 0 Å². The Morgan fingerprint density at radius 2 is 2.00 bits per heavy atom. The van der Waals surface area contributed by atoms with E-state index < -0.39 is 0 Å². The molecule has 0 fully saturated rings. The molecule has 23 heavy (non-hydrogen) atoms. The molecule has 0 aliphatic heterocycles. The fourth-order valence-corrected chi connectivity index (χ4v) is 2.76. The third kappa shape index (κ3) is 6.34. The van der Waals surface area contributed by atoms with Crippen molar-refractivity contribution in [3.63, 3.8) is 0 Å². The van der Waals surface area contributed by atoms with Gasteiger partial charge in [0.25, 0.3) is 0 Å². The van der Waals surface area contributed by atoms with E-state index in [1.54, 1.807) is 7.11 Å². The minimum Gasteiger partial charge on any atom is -0.489 e. The van der Waals surface area contributed by atoms with Crippen LogP contribution in [0.2, 0.25) is 0 Å². The summed E-state index contributed by atoms with van der Waals surface area (Å²) in [6.45, 7) is 5.17. The van der Waals surface area contributed by atoms with Gasteiger partial charge in [0, 0.05) is 30.3 Å². The van der Waals surface area contributed by atoms with E-state index in [1.165, 1.54) is 11.1 Å². The Bertz CT molecular complexity index is 616. The maximum absolute atomic E-state index is 6.03. The Labute approximate surface area is 147 Å². The molecule has 3 nitrogen and oxygen atoms in total. The average Bonchev–Trinajstić information content (AvgIpc) is 2.54. The monoisotopic (exact) mass is 377 g/mol. The third-order valence-corrected chi connectivity index (χ3v) is 4.01. The summed E-state index contributed by atoms with van der Waals surface area (Å²) in [5, 5.41) is 3.43. The zero-order valence-electron chi connectivity index (χ0n) is 13.8. The summed E-state index contributed by atoms with van der Waals surface area (Å²) in [5.41, 5.74) is 3.60. The Morgan fingerprint density at radius 3 is 2.78 bits per heavy atom. The molecule has 1 N–H and O–H groups in total. The van der Waals surface area contributed by atoms with Gasteiger partial charge in [-0.1, -0.05) is 45.8 Å². The third-order valence-electron chi connectivity index (χ3n) is 3.52. The molecule has 0 saturated heterocycles. The molecule has 2 rings (SSSR count). The second kappa shape index (κ2) is 9.71. The molecular formula is C19H24BrNO2. The lowest BCUT2D eigenvalue weighted by Crippen LogP contribution is -2.16. The van der Waals surface area contributed by atoms with E-state index in [2.05, 4.69) is 58.5 Å². The van der Waals surface area contributed by atoms with Crippen LogP contribution in [0.5, 0.6) is 5.75 Å². The highest BCUT2D eigenvalue weighted by Crippen LogP contribution is 2.24. The van der Waals surface area contributed by atoms with Gasteiger partial charge in [-0.3, -0.25) is 0 Å². The fourth-order valence-electron chi connectivity index (χ4n) is 2.35. The molecule has 0 heterocycles. The first-order chi connectivity index (χ1) is 11.2. The van der Waals surface area contributed by atoms with Crippen LogP contribution in [0.1, 0.15) is 23.1 Å². The summed E-state index contributed by atoms with van der Waals surface area (Å²) in [5.74, 6) is 0.925. The predicted octanol–water partition coefficient (Wildman–Crippen LogP) is 4.46. The van der Waals surface area contributed by atoms with Crippen molar-refractivity contribution in [3.05, 3.63) is 63.6 Å². The van der Waals surface area contributed by atoms with Gasteiger partial charge in [0.2, 0.25) is 0 Å². The first-order valence-electron chi connectivity index (χ1n) is 7.85. The summed E-state index contributed by atoms with van der Waals surface area (Å²) < 4.78 is 12.2. The van der Waals surface area contributed by atoms with Crippen molar-refractivity contribution in [3.8, 4) is 5.75 Å². The Kier molecular flexibility index (Phi) is 7.59. The molecule has 0 amide bonds. The van der Waals surface area contributed by atoms with Crippen molar-refractivity contribution in [2.24, 2.45) is 0 Å². The van der Waals surface area contributed by atoms with E-state index in [0.29, 0.717) is 6.61 Å². The lowest BCUT2D eigenvalue weighted by atomic mass is 10.1. The van der Waals surface area contributed by atoms with Crippen molar-refractivity contribution in [1.82, 2.24) is 5.32 Å². The van der Waals surface area contributed by atoms with E-state index in [1.807, 2.05) is 12.1 Å². The van der Waals surface area contributed by atoms with Gasteiger partial charge in [-0.2, -0.15) is 0 Å². The van der Waals surface area contributed by atoms with E-state index in [9.17, 15) is 0 Å². The molecule has 0 bridgehead atoms. The lowest BCUT2D eigenvalue weighted by molar-refractivity contribution is 0.194. The molecular weight excluding hydrogens is 354 g/mol. The maximum atomic E-state index is 6.03. The van der Waals surface area contributed by atoms with Crippen LogP contribution in [0.25, 0.3) is 0 Å². The number of benzene rings is 2. The number of halogens is 1. The number of methoxy groups -OCH3 is 1. The zero-order valence-corrected chi connectivity index (χ0v) is 15.4. The summed E-state index contributed by atoms with van der Waals surface area (Å²) in [7, 11) is 1.73. The van der Waals surface area contributed by atoms with Gasteiger partial charge in [0.1, 0.15) is 12.4 Å². The zero-order chi connectivity index (χ0) is 16.5. The Hall–Kier alpha value is -1.36. The quantitative estimate of drug-likeness (QED) is 0.654. The highest BCUT2D eigenvalue weighted by Gasteiger charge is 2.05. The van der Waals surface area contributed by atoms with Gasteiger partial charge in [-0.05, 0) is 43.7 Å². The number of rotatable bonds is 9. The van der Waals surface area contributed by atoms with Crippen LogP contribution in [-0.4, -0.2) is 20.3 Å². The molecule has 0 spiro atoms. The summed E-state index contributed by atoms with van der Waals surface area (Å²) in [4.78, 5) is 0. The summed E-state index contributed by atoms with van der Waals surface area (Å²) >= 11 is 3.53. The Balaban J connectivity index is 1.94. The molecule has 2 aromatic carbocycles. The lowest BCUT2D eigenvalue weighted by Gasteiger charge is -2.13. The van der Waals surface area contributed by atoms with Crippen LogP contribution in [0, 0.1) is 6.92 Å². The molecule has 2 aromatic rings. The van der Waals surface area contributed by atoms with Crippen LogP contribution in [0.15, 0.2) is 46.9 Å². The largest absolute Gasteiger partial charge is 0.489 e. The van der Waals surface area contributed by atoms with Crippen LogP contribution in [0.3, 0.4) is 0 Å². The van der Waals surface area contributed by atoms with Crippen molar-refractivity contribution < 1.29 is 9.47 Å². The molecule has 0 aliphatic rings. The molecule has 0 aromatic heterocycles. The van der Waals surface area contributed by atoms with Crippen LogP contribution >= 0.6 is 15.9 Å². The number of hydrogen-bond acceptors (Lipinski definition) is 3. The smallest absolute Gasteiger partial charge is 0.124 e. The molecule has 0 aliphatic carbocycles. The van der Waals surface area contributed by atoms with Crippen molar-refractivity contribution in [2.45, 2.75) is 26.5 Å². The molecule has 0 atom stereocenters. The van der Waals surface area contributed by atoms with Crippen molar-refractivity contribution >= 4 is 15.9 Å². The van der Waals surface area contributed by atoms with Gasteiger partial charge in [0.15, 0.2) is 0 Å². The van der Waals surface area contributed by atoms with Gasteiger partial charge in [-0.25, -0.2) is 0 Å². The van der Waals surface area contributed by atoms with Gasteiger partial charge in [0.05, 0.1) is 0 Å². The van der Waals surface area contributed by atoms with E-state index in [0.717, 1.165) is 41.9 Å². The van der Waals surface area contributed by atoms with Gasteiger partial charge in [-0.15, -0.1) is 0 Å². The van der Waals surface area contributed by atoms with Crippen molar-refractivity contribution in [2.75, 3.05) is 20.3 Å². The molecule has 4 heteroatoms. The summed E-state index contributed by atoms with van der Waals surface area (Å²) in [6, 6.07) is 14.5. The molecule has 0 radical (unpaired) electrons. The standard InChI is InChI=1S/C19H24BrNO2/c1-15-5-3-6-16(11-15)14-23-19-8-7-18(20)12-17(19)13-21-9-4-10-22-2/h3,5-8,11-12,21H,4,9-10,13-14H2,1-2H3. The highest BCUT2D eigenvalue weighted by molar-refractivity contribution is 9.10. The Morgan fingerprint density at radius 1 is 1.13 bits per heavy atom. The average molecular weight is 378 g/mol. The molecule has 0 unspecified atom stereocenters. The SMILES string of the molecule is COCCCNCc1cc(Br)ccc1OCc1cccc(C)c1. The second-order valence-corrected chi connectivity index (χ2v) is 6.47. The van der Waals surface area contributed by atoms with E-state index in [-0.39, 0.29) is 0 Å². The first kappa shape index (κ1) is 18.0. The fraction of sp³-hybridized carbons (Fsp3) is 0.368. The molecule has 0 saturated carbocycles. The highest BCUT2D eigenvalue weighted by atomic mass is 79.9. The van der Waals surface area contributed by atoms with Crippen molar-refractivity contribution in [1.29, 1.82) is 0 Å². The molecule has 124 valence electrons. The number of aryl methyl sites for hydroxylation is 1. The number of hydrogen-bond donors (Lipinski definition) is 1. The van der Waals surface area contributed by atoms with Crippen LogP contribution in [0.4, 0.5) is 0 Å². The maximum Gasteiger partial charge on any atom is 0.124 e. The predicted molar refractivity (Wildman–Crippen MR) is 97.9 cm³/mol. The normalized spacial score (nSPS) is 10.7. The van der Waals surface area contributed by atoms with Crippen LogP contribution < -0.4 is 10.1 Å². The van der Waals surface area contributed by atoms with E-state index >= 15 is 0 Å². The first-order valence-corrected chi connectivity index (χ1v) is 8.65. The van der Waals surface area contributed by atoms with Crippen LogP contribution in [-0.2, 0) is 17.9 Å².